The number of amides is 1. The molecule has 0 spiro atoms. The third-order valence-electron chi connectivity index (χ3n) is 16.6. The topological polar surface area (TPSA) is 149 Å². The minimum absolute atomic E-state index is 0.192. The van der Waals surface area contributed by atoms with Crippen LogP contribution in [0.3, 0.4) is 0 Å². The summed E-state index contributed by atoms with van der Waals surface area (Å²) >= 11 is 0. The second-order valence-corrected chi connectivity index (χ2v) is 24.6. The van der Waals surface area contributed by atoms with Crippen molar-refractivity contribution in [2.24, 2.45) is 0 Å². The second-order valence-electron chi connectivity index (χ2n) is 24.6. The first-order chi connectivity index (χ1) is 41.8. The van der Waals surface area contributed by atoms with Crippen molar-refractivity contribution in [1.29, 1.82) is 0 Å². The maximum atomic E-state index is 13.1. The Kier molecular flexibility index (Phi) is 60.4. The first-order valence-corrected chi connectivity index (χ1v) is 36.0. The predicted octanol–water partition coefficient (Wildman–Crippen LogP) is 19.9. The van der Waals surface area contributed by atoms with E-state index in [2.05, 4.69) is 104 Å². The van der Waals surface area contributed by atoms with E-state index in [0.717, 1.165) is 77.0 Å². The summed E-state index contributed by atoms with van der Waals surface area (Å²) < 4.78 is 11.3. The van der Waals surface area contributed by atoms with Crippen LogP contribution in [0, 0.1) is 0 Å². The monoisotopic (exact) mass is 1190 g/mol. The van der Waals surface area contributed by atoms with Gasteiger partial charge >= 0.3 is 0 Å². The van der Waals surface area contributed by atoms with E-state index in [0.29, 0.717) is 6.42 Å². The zero-order valence-corrected chi connectivity index (χ0v) is 55.1. The maximum absolute atomic E-state index is 13.1. The first kappa shape index (κ1) is 80.1. The SMILES string of the molecule is CC/C=C\C/C=C\C/C=C\C/C=C\C/C=C\CCCCCCCCCCCCCCCC(=O)NC(COC1OC(CO)C(O)C(O)C1O)C(O)/C=C/CC/C=C/CC/C=C/CCCCCCCCCCCCCCCCCCCCCCCCC. The van der Waals surface area contributed by atoms with Crippen molar-refractivity contribution < 1.29 is 39.8 Å². The van der Waals surface area contributed by atoms with E-state index in [1.807, 2.05) is 6.08 Å². The molecule has 1 rings (SSSR count). The molecule has 7 unspecified atom stereocenters. The minimum Gasteiger partial charge on any atom is -0.394 e. The van der Waals surface area contributed by atoms with Crippen LogP contribution in [-0.2, 0) is 14.3 Å². The molecule has 0 aliphatic carbocycles. The molecule has 9 heteroatoms. The average Bonchev–Trinajstić information content (AvgIpc) is 3.56. The van der Waals surface area contributed by atoms with Gasteiger partial charge in [-0.2, -0.15) is 0 Å². The second kappa shape index (κ2) is 64.1. The van der Waals surface area contributed by atoms with E-state index < -0.39 is 49.5 Å². The molecule has 0 saturated carbocycles. The predicted molar refractivity (Wildman–Crippen MR) is 364 cm³/mol. The Labute approximate surface area is 523 Å². The summed E-state index contributed by atoms with van der Waals surface area (Å²) in [7, 11) is 0. The summed E-state index contributed by atoms with van der Waals surface area (Å²) in [6, 6.07) is -0.837. The number of aliphatic hydroxyl groups excluding tert-OH is 5. The molecule has 85 heavy (non-hydrogen) atoms. The van der Waals surface area contributed by atoms with Crippen LogP contribution in [0.2, 0.25) is 0 Å². The van der Waals surface area contributed by atoms with E-state index in [1.54, 1.807) is 6.08 Å². The lowest BCUT2D eigenvalue weighted by atomic mass is 9.99. The van der Waals surface area contributed by atoms with E-state index in [9.17, 15) is 30.3 Å². The van der Waals surface area contributed by atoms with Crippen LogP contribution < -0.4 is 5.32 Å². The highest BCUT2D eigenvalue weighted by Crippen LogP contribution is 2.23. The van der Waals surface area contributed by atoms with Crippen molar-refractivity contribution in [2.75, 3.05) is 13.2 Å². The highest BCUT2D eigenvalue weighted by atomic mass is 16.7. The van der Waals surface area contributed by atoms with Crippen molar-refractivity contribution in [2.45, 2.75) is 365 Å². The van der Waals surface area contributed by atoms with Crippen LogP contribution in [-0.4, -0.2) is 87.5 Å². The summed E-state index contributed by atoms with van der Waals surface area (Å²) in [6.45, 7) is 3.68. The number of aliphatic hydroxyl groups is 5. The minimum atomic E-state index is -1.58. The third-order valence-corrected chi connectivity index (χ3v) is 16.6. The zero-order chi connectivity index (χ0) is 61.4. The summed E-state index contributed by atoms with van der Waals surface area (Å²) in [4.78, 5) is 13.1. The van der Waals surface area contributed by atoms with E-state index in [1.165, 1.54) is 225 Å². The van der Waals surface area contributed by atoms with Gasteiger partial charge in [-0.1, -0.05) is 323 Å². The van der Waals surface area contributed by atoms with Gasteiger partial charge in [0.25, 0.3) is 0 Å². The molecule has 1 fully saturated rings. The largest absolute Gasteiger partial charge is 0.394 e. The van der Waals surface area contributed by atoms with Gasteiger partial charge in [-0.3, -0.25) is 4.79 Å². The van der Waals surface area contributed by atoms with Crippen molar-refractivity contribution in [1.82, 2.24) is 5.32 Å². The Bertz CT molecular complexity index is 1670. The molecule has 0 bridgehead atoms. The van der Waals surface area contributed by atoms with Gasteiger partial charge < -0.3 is 40.3 Å². The number of carbonyl (C=O) groups excluding carboxylic acids is 1. The molecule has 1 aliphatic rings. The lowest BCUT2D eigenvalue weighted by Gasteiger charge is -2.40. The van der Waals surface area contributed by atoms with E-state index in [-0.39, 0.29) is 12.5 Å². The lowest BCUT2D eigenvalue weighted by molar-refractivity contribution is -0.302. The highest BCUT2D eigenvalue weighted by Gasteiger charge is 2.44. The Hall–Kier alpha value is -2.89. The molecule has 9 nitrogen and oxygen atoms in total. The van der Waals surface area contributed by atoms with Gasteiger partial charge in [0.2, 0.25) is 5.91 Å². The summed E-state index contributed by atoms with van der Waals surface area (Å²) in [5, 5.41) is 54.8. The molecule has 1 aliphatic heterocycles. The fourth-order valence-corrected chi connectivity index (χ4v) is 11.0. The summed E-state index contributed by atoms with van der Waals surface area (Å²) in [5.41, 5.74) is 0. The summed E-state index contributed by atoms with van der Waals surface area (Å²) in [6.07, 6.45) is 86.7. The molecule has 1 saturated heterocycles. The molecule has 0 aromatic heterocycles. The van der Waals surface area contributed by atoms with E-state index in [4.69, 9.17) is 9.47 Å². The quantitative estimate of drug-likeness (QED) is 0.0261. The maximum Gasteiger partial charge on any atom is 0.220 e. The molecule has 1 heterocycles. The average molecular weight is 1190 g/mol. The Morgan fingerprint density at radius 3 is 1.13 bits per heavy atom. The molecule has 6 N–H and O–H groups in total. The van der Waals surface area contributed by atoms with Gasteiger partial charge in [0.15, 0.2) is 6.29 Å². The van der Waals surface area contributed by atoms with Gasteiger partial charge in [0.05, 0.1) is 25.4 Å². The third kappa shape index (κ3) is 52.7. The molecule has 7 atom stereocenters. The van der Waals surface area contributed by atoms with Crippen molar-refractivity contribution in [3.05, 3.63) is 97.2 Å². The van der Waals surface area contributed by atoms with Gasteiger partial charge in [-0.05, 0) is 89.9 Å². The standard InChI is InChI=1S/C76H135NO8/c1-3-5-7-9-11-13-15-17-19-21-23-25-27-29-31-33-34-35-36-38-39-41-43-45-47-49-51-53-55-57-59-61-63-65-70(79)69(68-84-76-75(83)74(82)73(81)71(67-78)85-76)77-72(80)66-64-62-60-58-56-54-52-50-48-46-44-42-40-37-32-30-28-26-24-22-20-18-16-14-12-10-8-6-4-2/h6,8,12,14,18,20,24,26,30,32,47,49,55,57,63,65,69-71,73-76,78-79,81-83H,3-5,7,9-11,13,15-17,19,21-23,25,27-29,31,33-46,48,50-54,56,58-62,64,66-68H2,1-2H3,(H,77,80)/b8-6-,14-12-,20-18-,26-24-,32-30-,49-47+,57-55+,65-63+. The fraction of sp³-hybridized carbons (Fsp3) is 0.776. The van der Waals surface area contributed by atoms with Crippen LogP contribution >= 0.6 is 0 Å². The Balaban J connectivity index is 2.16. The first-order valence-electron chi connectivity index (χ1n) is 36.0. The van der Waals surface area contributed by atoms with Crippen LogP contribution in [0.5, 0.6) is 0 Å². The Morgan fingerprint density at radius 1 is 0.412 bits per heavy atom. The fourth-order valence-electron chi connectivity index (χ4n) is 11.0. The van der Waals surface area contributed by atoms with Crippen LogP contribution in [0.1, 0.15) is 322 Å². The molecule has 0 aromatic rings. The summed E-state index contributed by atoms with van der Waals surface area (Å²) in [5.74, 6) is -0.192. The normalized spacial score (nSPS) is 18.7. The highest BCUT2D eigenvalue weighted by molar-refractivity contribution is 5.76. The molecule has 492 valence electrons. The van der Waals surface area contributed by atoms with Crippen molar-refractivity contribution >= 4 is 5.91 Å². The number of ether oxygens (including phenoxy) is 2. The number of unbranched alkanes of at least 4 members (excludes halogenated alkanes) is 38. The van der Waals surface area contributed by atoms with Gasteiger partial charge in [0, 0.05) is 6.42 Å². The number of nitrogens with one attached hydrogen (secondary N) is 1. The number of hydrogen-bond donors (Lipinski definition) is 6. The van der Waals surface area contributed by atoms with Gasteiger partial charge in [0.1, 0.15) is 24.4 Å². The number of rotatable bonds is 62. The number of hydrogen-bond acceptors (Lipinski definition) is 8. The van der Waals surface area contributed by atoms with Crippen LogP contribution in [0.25, 0.3) is 0 Å². The van der Waals surface area contributed by atoms with Crippen LogP contribution in [0.15, 0.2) is 97.2 Å². The smallest absolute Gasteiger partial charge is 0.220 e. The molecule has 0 aromatic carbocycles. The molecule has 1 amide bonds. The van der Waals surface area contributed by atoms with Gasteiger partial charge in [-0.15, -0.1) is 0 Å². The number of allylic oxidation sites excluding steroid dienone is 15. The van der Waals surface area contributed by atoms with Crippen molar-refractivity contribution in [3.63, 3.8) is 0 Å². The van der Waals surface area contributed by atoms with Crippen molar-refractivity contribution in [3.8, 4) is 0 Å². The lowest BCUT2D eigenvalue weighted by Crippen LogP contribution is -2.60. The van der Waals surface area contributed by atoms with E-state index >= 15 is 0 Å². The molecule has 0 radical (unpaired) electrons. The van der Waals surface area contributed by atoms with Crippen LogP contribution in [0.4, 0.5) is 0 Å². The molecular formula is C76H135NO8. The van der Waals surface area contributed by atoms with Gasteiger partial charge in [-0.25, -0.2) is 0 Å². The molecular weight excluding hydrogens is 1050 g/mol. The Morgan fingerprint density at radius 2 is 0.741 bits per heavy atom. The number of carbonyl (C=O) groups is 1. The zero-order valence-electron chi connectivity index (χ0n) is 55.1.